The van der Waals surface area contributed by atoms with E-state index in [1.165, 1.54) is 0 Å². The number of carboxylic acids is 1. The zero-order valence-corrected chi connectivity index (χ0v) is 11.2. The first-order valence-corrected chi connectivity index (χ1v) is 5.92. The van der Waals surface area contributed by atoms with Crippen LogP contribution in [0.5, 0.6) is 0 Å². The third-order valence-electron chi connectivity index (χ3n) is 2.04. The van der Waals surface area contributed by atoms with Gasteiger partial charge >= 0.3 is 12.1 Å². The first kappa shape index (κ1) is 15.7. The largest absolute Gasteiger partial charge is 0.478 e. The van der Waals surface area contributed by atoms with E-state index in [-0.39, 0.29) is 10.1 Å². The molecule has 0 aliphatic carbocycles. The van der Waals surface area contributed by atoms with Crippen LogP contribution in [-0.2, 0) is 9.53 Å². The second-order valence-electron chi connectivity index (χ2n) is 3.56. The van der Waals surface area contributed by atoms with E-state index in [1.54, 1.807) is 30.3 Å². The maximum absolute atomic E-state index is 11.9. The maximum atomic E-state index is 11.9. The molecule has 0 amide bonds. The van der Waals surface area contributed by atoms with Gasteiger partial charge in [0.25, 0.3) is 0 Å². The first-order valence-electron chi connectivity index (χ1n) is 5.13. The quantitative estimate of drug-likeness (QED) is 0.836. The summed E-state index contributed by atoms with van der Waals surface area (Å²) in [5.74, 6) is -1.24. The van der Waals surface area contributed by atoms with Crippen molar-refractivity contribution in [3.8, 4) is 0 Å². The summed E-state index contributed by atoms with van der Waals surface area (Å²) < 4.78 is 40.2. The summed E-state index contributed by atoms with van der Waals surface area (Å²) in [7, 11) is 0. The van der Waals surface area contributed by atoms with Crippen LogP contribution in [0.15, 0.2) is 34.8 Å². The molecule has 19 heavy (non-hydrogen) atoms. The van der Waals surface area contributed by atoms with Crippen molar-refractivity contribution in [1.29, 1.82) is 0 Å². The second-order valence-corrected chi connectivity index (χ2v) is 4.52. The van der Waals surface area contributed by atoms with E-state index in [0.717, 1.165) is 0 Å². The van der Waals surface area contributed by atoms with Crippen molar-refractivity contribution < 1.29 is 27.8 Å². The minimum absolute atomic E-state index is 0.0513. The molecule has 0 saturated heterocycles. The molecule has 1 N–H and O–H groups in total. The molecule has 0 bridgehead atoms. The molecule has 1 rings (SSSR count). The Balaban J connectivity index is 2.85. The monoisotopic (exact) mass is 338 g/mol. The molecule has 1 aromatic rings. The van der Waals surface area contributed by atoms with Crippen LogP contribution in [0.2, 0.25) is 0 Å². The Morgan fingerprint density at radius 2 is 1.84 bits per heavy atom. The number of ether oxygens (including phenoxy) is 1. The van der Waals surface area contributed by atoms with E-state index in [4.69, 9.17) is 5.11 Å². The molecule has 0 saturated carbocycles. The minimum Gasteiger partial charge on any atom is -0.478 e. The van der Waals surface area contributed by atoms with E-state index in [0.29, 0.717) is 5.56 Å². The van der Waals surface area contributed by atoms with Gasteiger partial charge in [0.2, 0.25) is 0 Å². The highest BCUT2D eigenvalue weighted by Gasteiger charge is 2.27. The van der Waals surface area contributed by atoms with Crippen molar-refractivity contribution in [2.75, 3.05) is 13.2 Å². The van der Waals surface area contributed by atoms with Crippen molar-refractivity contribution in [2.24, 2.45) is 0 Å². The van der Waals surface area contributed by atoms with E-state index in [9.17, 15) is 18.0 Å². The number of carbonyl (C=O) groups is 1. The van der Waals surface area contributed by atoms with Crippen LogP contribution in [0.25, 0.3) is 5.57 Å². The number of hydrogen-bond donors (Lipinski definition) is 1. The smallest absolute Gasteiger partial charge is 0.411 e. The Morgan fingerprint density at radius 3 is 2.32 bits per heavy atom. The van der Waals surface area contributed by atoms with Gasteiger partial charge in [-0.2, -0.15) is 13.2 Å². The van der Waals surface area contributed by atoms with E-state index in [1.807, 2.05) is 0 Å². The van der Waals surface area contributed by atoms with Crippen molar-refractivity contribution in [3.63, 3.8) is 0 Å². The highest BCUT2D eigenvalue weighted by Crippen LogP contribution is 2.24. The van der Waals surface area contributed by atoms with Gasteiger partial charge in [-0.1, -0.05) is 46.3 Å². The molecule has 0 radical (unpaired) electrons. The van der Waals surface area contributed by atoms with Crippen molar-refractivity contribution in [2.45, 2.75) is 6.18 Å². The van der Waals surface area contributed by atoms with Gasteiger partial charge in [-0.05, 0) is 5.56 Å². The van der Waals surface area contributed by atoms with Gasteiger partial charge in [0.1, 0.15) is 6.61 Å². The van der Waals surface area contributed by atoms with Crippen LogP contribution in [0.4, 0.5) is 13.2 Å². The summed E-state index contributed by atoms with van der Waals surface area (Å²) in [6.45, 7) is -1.89. The van der Waals surface area contributed by atoms with Crippen LogP contribution in [-0.4, -0.2) is 30.5 Å². The summed E-state index contributed by atoms with van der Waals surface area (Å²) in [6, 6.07) is 8.07. The normalized spacial score (nSPS) is 13.1. The van der Waals surface area contributed by atoms with E-state index < -0.39 is 25.4 Å². The SMILES string of the molecule is O=C(O)/C(=C(\Br)COCC(F)(F)F)c1ccccc1. The molecular weight excluding hydrogens is 329 g/mol. The number of rotatable bonds is 5. The molecule has 0 aromatic heterocycles. The van der Waals surface area contributed by atoms with Crippen LogP contribution in [0.3, 0.4) is 0 Å². The average Bonchev–Trinajstić information content (AvgIpc) is 2.28. The predicted molar refractivity (Wildman–Crippen MR) is 66.8 cm³/mol. The Hall–Kier alpha value is -1.34. The molecule has 0 fully saturated rings. The number of halogens is 4. The topological polar surface area (TPSA) is 46.5 Å². The Labute approximate surface area is 115 Å². The third kappa shape index (κ3) is 5.44. The summed E-state index contributed by atoms with van der Waals surface area (Å²) in [5, 5.41) is 9.09. The lowest BCUT2D eigenvalue weighted by Gasteiger charge is -2.10. The van der Waals surface area contributed by atoms with Gasteiger partial charge in [0.15, 0.2) is 0 Å². The number of hydrogen-bond acceptors (Lipinski definition) is 2. The molecule has 0 aliphatic rings. The van der Waals surface area contributed by atoms with Crippen molar-refractivity contribution in [3.05, 3.63) is 40.4 Å². The number of alkyl halides is 3. The Morgan fingerprint density at radius 1 is 1.26 bits per heavy atom. The molecule has 0 aliphatic heterocycles. The lowest BCUT2D eigenvalue weighted by Crippen LogP contribution is -2.18. The lowest BCUT2D eigenvalue weighted by molar-refractivity contribution is -0.171. The van der Waals surface area contributed by atoms with Crippen molar-refractivity contribution >= 4 is 27.5 Å². The van der Waals surface area contributed by atoms with Crippen LogP contribution >= 0.6 is 15.9 Å². The zero-order valence-electron chi connectivity index (χ0n) is 9.58. The molecular formula is C12H10BrF3O3. The lowest BCUT2D eigenvalue weighted by atomic mass is 10.1. The van der Waals surface area contributed by atoms with Crippen molar-refractivity contribution in [1.82, 2.24) is 0 Å². The number of aliphatic carboxylic acids is 1. The van der Waals surface area contributed by atoms with Gasteiger partial charge in [0, 0.05) is 4.48 Å². The minimum atomic E-state index is -4.44. The van der Waals surface area contributed by atoms with Crippen LogP contribution in [0, 0.1) is 0 Å². The fourth-order valence-corrected chi connectivity index (χ4v) is 1.89. The van der Waals surface area contributed by atoms with Gasteiger partial charge in [-0.3, -0.25) is 0 Å². The van der Waals surface area contributed by atoms with Gasteiger partial charge < -0.3 is 9.84 Å². The summed E-state index contributed by atoms with van der Waals surface area (Å²) in [6.07, 6.45) is -4.44. The molecule has 0 unspecified atom stereocenters. The summed E-state index contributed by atoms with van der Waals surface area (Å²) in [5.41, 5.74) is 0.264. The number of carboxylic acid groups (broad SMARTS) is 1. The van der Waals surface area contributed by atoms with Crippen LogP contribution < -0.4 is 0 Å². The average molecular weight is 339 g/mol. The fraction of sp³-hybridized carbons (Fsp3) is 0.250. The molecule has 3 nitrogen and oxygen atoms in total. The number of benzene rings is 1. The Kier molecular flexibility index (Phi) is 5.56. The molecule has 0 spiro atoms. The molecule has 0 heterocycles. The predicted octanol–water partition coefficient (Wildman–Crippen LogP) is 3.46. The van der Waals surface area contributed by atoms with E-state index >= 15 is 0 Å². The zero-order chi connectivity index (χ0) is 14.5. The Bertz CT molecular complexity index is 469. The van der Waals surface area contributed by atoms with Gasteiger partial charge in [-0.25, -0.2) is 4.79 Å². The van der Waals surface area contributed by atoms with Gasteiger partial charge in [-0.15, -0.1) is 0 Å². The fourth-order valence-electron chi connectivity index (χ4n) is 1.33. The van der Waals surface area contributed by atoms with Crippen LogP contribution in [0.1, 0.15) is 5.56 Å². The third-order valence-corrected chi connectivity index (χ3v) is 2.67. The molecule has 104 valence electrons. The standard InChI is InChI=1S/C12H10BrF3O3/c13-9(6-19-7-12(14,15)16)10(11(17)18)8-4-2-1-3-5-8/h1-5H,6-7H2,(H,17,18)/b10-9-. The summed E-state index contributed by atoms with van der Waals surface area (Å²) >= 11 is 2.96. The summed E-state index contributed by atoms with van der Waals surface area (Å²) in [4.78, 5) is 11.1. The van der Waals surface area contributed by atoms with E-state index in [2.05, 4.69) is 20.7 Å². The molecule has 7 heteroatoms. The first-order chi connectivity index (χ1) is 8.81. The highest BCUT2D eigenvalue weighted by molar-refractivity contribution is 9.11. The molecule has 0 atom stereocenters. The van der Waals surface area contributed by atoms with Gasteiger partial charge in [0.05, 0.1) is 12.2 Å². The molecule has 1 aromatic carbocycles. The highest BCUT2D eigenvalue weighted by atomic mass is 79.9. The maximum Gasteiger partial charge on any atom is 0.411 e. The second kappa shape index (κ2) is 6.72.